The summed E-state index contributed by atoms with van der Waals surface area (Å²) >= 11 is 0. The molecule has 17 heavy (non-hydrogen) atoms. The van der Waals surface area contributed by atoms with E-state index in [0.717, 1.165) is 12.3 Å². The first kappa shape index (κ1) is 12.9. The van der Waals surface area contributed by atoms with Crippen molar-refractivity contribution in [1.29, 1.82) is 5.26 Å². The molecule has 2 aliphatic carbocycles. The lowest BCUT2D eigenvalue weighted by atomic mass is 9.83. The van der Waals surface area contributed by atoms with Crippen LogP contribution in [-0.2, 0) is 0 Å². The first-order chi connectivity index (χ1) is 8.33. The highest BCUT2D eigenvalue weighted by Gasteiger charge is 2.30. The molecule has 0 amide bonds. The van der Waals surface area contributed by atoms with E-state index in [-0.39, 0.29) is 5.92 Å². The average molecular weight is 234 g/mol. The van der Waals surface area contributed by atoms with Gasteiger partial charge in [-0.1, -0.05) is 26.2 Å². The van der Waals surface area contributed by atoms with Gasteiger partial charge in [-0.3, -0.25) is 0 Å². The van der Waals surface area contributed by atoms with Gasteiger partial charge in [0.1, 0.15) is 0 Å². The average Bonchev–Trinajstić information content (AvgIpc) is 2.79. The molecule has 2 nitrogen and oxygen atoms in total. The maximum absolute atomic E-state index is 9.09. The van der Waals surface area contributed by atoms with Crippen molar-refractivity contribution in [3.63, 3.8) is 0 Å². The number of nitrogens with one attached hydrogen (secondary N) is 1. The number of hydrogen-bond donors (Lipinski definition) is 1. The molecular formula is C15H26N2. The number of nitriles is 1. The van der Waals surface area contributed by atoms with E-state index in [1.807, 2.05) is 0 Å². The Kier molecular flexibility index (Phi) is 4.86. The molecule has 0 spiro atoms. The van der Waals surface area contributed by atoms with Gasteiger partial charge in [0.2, 0.25) is 0 Å². The summed E-state index contributed by atoms with van der Waals surface area (Å²) in [7, 11) is 0. The number of nitrogens with zero attached hydrogens (tertiary/aromatic N) is 1. The van der Waals surface area contributed by atoms with Crippen LogP contribution < -0.4 is 5.32 Å². The van der Waals surface area contributed by atoms with Gasteiger partial charge in [-0.05, 0) is 44.4 Å². The molecule has 0 heterocycles. The molecule has 2 saturated carbocycles. The normalized spacial score (nSPS) is 37.9. The van der Waals surface area contributed by atoms with Crippen molar-refractivity contribution in [2.45, 2.75) is 76.8 Å². The van der Waals surface area contributed by atoms with Crippen LogP contribution in [0, 0.1) is 23.2 Å². The third-order valence-electron chi connectivity index (χ3n) is 4.68. The predicted molar refractivity (Wildman–Crippen MR) is 70.5 cm³/mol. The Morgan fingerprint density at radius 2 is 1.88 bits per heavy atom. The quantitative estimate of drug-likeness (QED) is 0.806. The van der Waals surface area contributed by atoms with Crippen molar-refractivity contribution >= 4 is 0 Å². The molecule has 0 bridgehead atoms. The summed E-state index contributed by atoms with van der Waals surface area (Å²) in [6.45, 7) is 2.29. The third kappa shape index (κ3) is 3.45. The summed E-state index contributed by atoms with van der Waals surface area (Å²) in [5, 5.41) is 12.8. The first-order valence-electron chi connectivity index (χ1n) is 7.49. The lowest BCUT2D eigenvalue weighted by molar-refractivity contribution is 0.256. The van der Waals surface area contributed by atoms with Crippen LogP contribution in [0.3, 0.4) is 0 Å². The Bertz CT molecular complexity index is 261. The van der Waals surface area contributed by atoms with Crippen molar-refractivity contribution in [3.8, 4) is 6.07 Å². The zero-order valence-electron chi connectivity index (χ0n) is 11.1. The number of hydrogen-bond acceptors (Lipinski definition) is 2. The van der Waals surface area contributed by atoms with Crippen LogP contribution in [0.4, 0.5) is 0 Å². The molecule has 0 aromatic heterocycles. The summed E-state index contributed by atoms with van der Waals surface area (Å²) in [6, 6.07) is 3.66. The van der Waals surface area contributed by atoms with Gasteiger partial charge in [-0.15, -0.1) is 0 Å². The van der Waals surface area contributed by atoms with Gasteiger partial charge < -0.3 is 5.32 Å². The van der Waals surface area contributed by atoms with E-state index in [4.69, 9.17) is 5.26 Å². The highest BCUT2D eigenvalue weighted by Crippen LogP contribution is 2.30. The van der Waals surface area contributed by atoms with Crippen LogP contribution in [0.5, 0.6) is 0 Å². The fraction of sp³-hybridized carbons (Fsp3) is 0.933. The maximum Gasteiger partial charge on any atom is 0.0672 e. The summed E-state index contributed by atoms with van der Waals surface area (Å²) < 4.78 is 0. The molecule has 0 aromatic carbocycles. The van der Waals surface area contributed by atoms with E-state index >= 15 is 0 Å². The van der Waals surface area contributed by atoms with Crippen molar-refractivity contribution in [3.05, 3.63) is 0 Å². The minimum absolute atomic E-state index is 0.281. The molecule has 0 aromatic rings. The minimum atomic E-state index is 0.281. The summed E-state index contributed by atoms with van der Waals surface area (Å²) in [5.41, 5.74) is 0. The Labute approximate surface area is 106 Å². The van der Waals surface area contributed by atoms with Gasteiger partial charge in [0.15, 0.2) is 0 Å². The standard InChI is InChI=1S/C15H26N2/c1-2-4-12-7-9-14(10-8-12)17-15-6-3-5-13(15)11-16/h12-15,17H,2-10H2,1H3. The van der Waals surface area contributed by atoms with Crippen LogP contribution >= 0.6 is 0 Å². The molecule has 1 N–H and O–H groups in total. The van der Waals surface area contributed by atoms with Crippen molar-refractivity contribution < 1.29 is 0 Å². The van der Waals surface area contributed by atoms with Gasteiger partial charge in [0.25, 0.3) is 0 Å². The summed E-state index contributed by atoms with van der Waals surface area (Å²) in [6.07, 6.45) is 11.8. The highest BCUT2D eigenvalue weighted by atomic mass is 15.0. The van der Waals surface area contributed by atoms with Gasteiger partial charge in [0, 0.05) is 12.1 Å². The Balaban J connectivity index is 1.73. The van der Waals surface area contributed by atoms with Crippen molar-refractivity contribution in [2.24, 2.45) is 11.8 Å². The minimum Gasteiger partial charge on any atom is -0.310 e. The Morgan fingerprint density at radius 3 is 2.53 bits per heavy atom. The fourth-order valence-corrected chi connectivity index (χ4v) is 3.64. The molecule has 96 valence electrons. The lowest BCUT2D eigenvalue weighted by Crippen LogP contribution is -2.42. The SMILES string of the molecule is CCCC1CCC(NC2CCCC2C#N)CC1. The van der Waals surface area contributed by atoms with Crippen LogP contribution in [0.1, 0.15) is 64.7 Å². The van der Waals surface area contributed by atoms with Crippen LogP contribution in [0.25, 0.3) is 0 Å². The predicted octanol–water partition coefficient (Wildman–Crippen LogP) is 3.63. The molecule has 2 atom stereocenters. The zero-order chi connectivity index (χ0) is 12.1. The van der Waals surface area contributed by atoms with Crippen LogP contribution in [0.15, 0.2) is 0 Å². The summed E-state index contributed by atoms with van der Waals surface area (Å²) in [4.78, 5) is 0. The van der Waals surface area contributed by atoms with E-state index in [1.165, 1.54) is 51.4 Å². The van der Waals surface area contributed by atoms with Gasteiger partial charge in [-0.2, -0.15) is 5.26 Å². The highest BCUT2D eigenvalue weighted by molar-refractivity contribution is 4.97. The topological polar surface area (TPSA) is 35.8 Å². The third-order valence-corrected chi connectivity index (χ3v) is 4.68. The van der Waals surface area contributed by atoms with E-state index in [0.29, 0.717) is 12.1 Å². The van der Waals surface area contributed by atoms with Crippen molar-refractivity contribution in [1.82, 2.24) is 5.32 Å². The monoisotopic (exact) mass is 234 g/mol. The molecule has 0 saturated heterocycles. The number of rotatable bonds is 4. The van der Waals surface area contributed by atoms with Gasteiger partial charge >= 0.3 is 0 Å². The molecule has 2 heteroatoms. The zero-order valence-corrected chi connectivity index (χ0v) is 11.1. The molecule has 0 radical (unpaired) electrons. The van der Waals surface area contributed by atoms with E-state index in [9.17, 15) is 0 Å². The van der Waals surface area contributed by atoms with E-state index in [2.05, 4.69) is 18.3 Å². The van der Waals surface area contributed by atoms with Crippen LogP contribution in [0.2, 0.25) is 0 Å². The van der Waals surface area contributed by atoms with E-state index < -0.39 is 0 Å². The van der Waals surface area contributed by atoms with Gasteiger partial charge in [0.05, 0.1) is 12.0 Å². The fourth-order valence-electron chi connectivity index (χ4n) is 3.64. The molecule has 0 aliphatic heterocycles. The second kappa shape index (κ2) is 6.40. The van der Waals surface area contributed by atoms with Crippen molar-refractivity contribution in [2.75, 3.05) is 0 Å². The Morgan fingerprint density at radius 1 is 1.12 bits per heavy atom. The molecule has 2 unspecified atom stereocenters. The smallest absolute Gasteiger partial charge is 0.0672 e. The second-order valence-corrected chi connectivity index (χ2v) is 5.95. The lowest BCUT2D eigenvalue weighted by Gasteiger charge is -2.31. The molecular weight excluding hydrogens is 208 g/mol. The van der Waals surface area contributed by atoms with E-state index in [1.54, 1.807) is 0 Å². The maximum atomic E-state index is 9.09. The molecule has 2 aliphatic rings. The van der Waals surface area contributed by atoms with Crippen LogP contribution in [-0.4, -0.2) is 12.1 Å². The summed E-state index contributed by atoms with van der Waals surface area (Å²) in [5.74, 6) is 1.26. The molecule has 2 fully saturated rings. The largest absolute Gasteiger partial charge is 0.310 e. The van der Waals surface area contributed by atoms with Gasteiger partial charge in [-0.25, -0.2) is 0 Å². The second-order valence-electron chi connectivity index (χ2n) is 5.95. The first-order valence-corrected chi connectivity index (χ1v) is 7.49. The molecule has 2 rings (SSSR count). The Hall–Kier alpha value is -0.550.